The van der Waals surface area contributed by atoms with Gasteiger partial charge in [-0.25, -0.2) is 4.79 Å². The average Bonchev–Trinajstić information content (AvgIpc) is 2.60. The lowest BCUT2D eigenvalue weighted by Crippen LogP contribution is -2.38. The minimum atomic E-state index is -0.183. The van der Waals surface area contributed by atoms with Crippen LogP contribution in [0.15, 0.2) is 23.8 Å². The highest BCUT2D eigenvalue weighted by Gasteiger charge is 2.49. The van der Waals surface area contributed by atoms with Gasteiger partial charge >= 0.3 is 5.97 Å². The Kier molecular flexibility index (Phi) is 2.65. The van der Waals surface area contributed by atoms with E-state index in [9.17, 15) is 4.79 Å². The van der Waals surface area contributed by atoms with Gasteiger partial charge in [-0.05, 0) is 37.0 Å². The van der Waals surface area contributed by atoms with Crippen LogP contribution in [0.2, 0.25) is 0 Å². The number of fused-ring (bicyclic) bond motifs is 2. The van der Waals surface area contributed by atoms with Crippen molar-refractivity contribution in [3.05, 3.63) is 23.8 Å². The Morgan fingerprint density at radius 1 is 1.56 bits per heavy atom. The largest absolute Gasteiger partial charge is 0.458 e. The van der Waals surface area contributed by atoms with Gasteiger partial charge < -0.3 is 4.74 Å². The molecular formula is C16H22O2. The summed E-state index contributed by atoms with van der Waals surface area (Å²) in [5.41, 5.74) is 2.50. The smallest absolute Gasteiger partial charge is 0.334 e. The van der Waals surface area contributed by atoms with E-state index in [0.717, 1.165) is 6.42 Å². The van der Waals surface area contributed by atoms with E-state index in [1.807, 2.05) is 0 Å². The molecule has 18 heavy (non-hydrogen) atoms. The molecule has 1 heterocycles. The van der Waals surface area contributed by atoms with Gasteiger partial charge in [0, 0.05) is 11.5 Å². The van der Waals surface area contributed by atoms with Gasteiger partial charge in [-0.3, -0.25) is 0 Å². The summed E-state index contributed by atoms with van der Waals surface area (Å²) < 4.78 is 5.48. The molecule has 2 aliphatic carbocycles. The summed E-state index contributed by atoms with van der Waals surface area (Å²) in [7, 11) is 0. The highest BCUT2D eigenvalue weighted by Crippen LogP contribution is 2.54. The number of ether oxygens (including phenoxy) is 1. The summed E-state index contributed by atoms with van der Waals surface area (Å²) in [6.07, 6.45) is 8.42. The van der Waals surface area contributed by atoms with Crippen LogP contribution in [-0.4, -0.2) is 12.1 Å². The van der Waals surface area contributed by atoms with Crippen molar-refractivity contribution in [3.8, 4) is 0 Å². The fraction of sp³-hybridized carbons (Fsp3) is 0.688. The molecule has 0 spiro atoms. The number of carbonyl (C=O) groups excluding carboxylic acids is 1. The predicted molar refractivity (Wildman–Crippen MR) is 70.9 cm³/mol. The lowest BCUT2D eigenvalue weighted by Gasteiger charge is -2.46. The summed E-state index contributed by atoms with van der Waals surface area (Å²) in [5, 5.41) is 0. The van der Waals surface area contributed by atoms with Gasteiger partial charge in [0.05, 0.1) is 0 Å². The fourth-order valence-electron chi connectivity index (χ4n) is 4.17. The number of esters is 1. The first-order valence-corrected chi connectivity index (χ1v) is 7.17. The molecule has 0 unspecified atom stereocenters. The van der Waals surface area contributed by atoms with Crippen LogP contribution in [0.3, 0.4) is 0 Å². The molecule has 0 aromatic heterocycles. The Labute approximate surface area is 109 Å². The third kappa shape index (κ3) is 1.58. The second kappa shape index (κ2) is 3.97. The molecule has 0 amide bonds. The molecule has 1 saturated carbocycles. The number of hydrogen-bond acceptors (Lipinski definition) is 2. The normalized spacial score (nSPS) is 43.0. The summed E-state index contributed by atoms with van der Waals surface area (Å²) in [6, 6.07) is 0. The van der Waals surface area contributed by atoms with Crippen LogP contribution in [0.5, 0.6) is 0 Å². The average molecular weight is 246 g/mol. The van der Waals surface area contributed by atoms with E-state index in [2.05, 4.69) is 26.5 Å². The first-order valence-electron chi connectivity index (χ1n) is 7.17. The van der Waals surface area contributed by atoms with Crippen molar-refractivity contribution < 1.29 is 9.53 Å². The predicted octanol–water partition coefficient (Wildman–Crippen LogP) is 3.63. The van der Waals surface area contributed by atoms with Crippen molar-refractivity contribution in [3.63, 3.8) is 0 Å². The zero-order valence-electron chi connectivity index (χ0n) is 11.4. The summed E-state index contributed by atoms with van der Waals surface area (Å²) in [4.78, 5) is 11.7. The lowest BCUT2D eigenvalue weighted by atomic mass is 9.59. The molecular weight excluding hydrogens is 224 g/mol. The molecule has 0 bridgehead atoms. The van der Waals surface area contributed by atoms with Crippen molar-refractivity contribution in [2.45, 2.75) is 52.1 Å². The standard InChI is InChI=1S/C16H22O2/c1-4-11-6-5-7-16(3)9-14-12(8-13(11)16)10(2)15(17)18-14/h8,11-12,14H,2,4-7,9H2,1,3H3/t11-,12+,14+,16+/m0/s1. The molecule has 1 saturated heterocycles. The maximum atomic E-state index is 11.7. The molecule has 1 aliphatic heterocycles. The maximum absolute atomic E-state index is 11.7. The Morgan fingerprint density at radius 2 is 2.33 bits per heavy atom. The lowest BCUT2D eigenvalue weighted by molar-refractivity contribution is -0.140. The zero-order chi connectivity index (χ0) is 12.9. The Balaban J connectivity index is 2.00. The second-order valence-corrected chi connectivity index (χ2v) is 6.38. The fourth-order valence-corrected chi connectivity index (χ4v) is 4.17. The van der Waals surface area contributed by atoms with E-state index >= 15 is 0 Å². The highest BCUT2D eigenvalue weighted by molar-refractivity contribution is 5.91. The van der Waals surface area contributed by atoms with Crippen molar-refractivity contribution >= 4 is 5.97 Å². The van der Waals surface area contributed by atoms with Crippen LogP contribution in [0.25, 0.3) is 0 Å². The number of hydrogen-bond donors (Lipinski definition) is 0. The summed E-state index contributed by atoms with van der Waals surface area (Å²) >= 11 is 0. The van der Waals surface area contributed by atoms with Crippen molar-refractivity contribution in [2.24, 2.45) is 17.3 Å². The zero-order valence-corrected chi connectivity index (χ0v) is 11.4. The van der Waals surface area contributed by atoms with E-state index < -0.39 is 0 Å². The first-order chi connectivity index (χ1) is 8.55. The van der Waals surface area contributed by atoms with Crippen LogP contribution in [-0.2, 0) is 9.53 Å². The Morgan fingerprint density at radius 3 is 3.06 bits per heavy atom. The third-order valence-electron chi connectivity index (χ3n) is 5.25. The van der Waals surface area contributed by atoms with Crippen LogP contribution < -0.4 is 0 Å². The van der Waals surface area contributed by atoms with E-state index in [4.69, 9.17) is 4.74 Å². The molecule has 4 atom stereocenters. The molecule has 2 nitrogen and oxygen atoms in total. The van der Waals surface area contributed by atoms with Crippen molar-refractivity contribution in [1.82, 2.24) is 0 Å². The van der Waals surface area contributed by atoms with Crippen molar-refractivity contribution in [1.29, 1.82) is 0 Å². The van der Waals surface area contributed by atoms with Gasteiger partial charge in [-0.1, -0.05) is 38.5 Å². The Hall–Kier alpha value is -1.05. The number of carbonyl (C=O) groups is 1. The summed E-state index contributed by atoms with van der Waals surface area (Å²) in [5.74, 6) is 0.665. The molecule has 98 valence electrons. The minimum absolute atomic E-state index is 0.0503. The summed E-state index contributed by atoms with van der Waals surface area (Å²) in [6.45, 7) is 8.54. The van der Waals surface area contributed by atoms with Crippen LogP contribution >= 0.6 is 0 Å². The number of rotatable bonds is 1. The van der Waals surface area contributed by atoms with Gasteiger partial charge in [0.1, 0.15) is 6.10 Å². The van der Waals surface area contributed by atoms with Gasteiger partial charge in [0.15, 0.2) is 0 Å². The quantitative estimate of drug-likeness (QED) is 0.401. The SMILES string of the molecule is C=C1C(=O)O[C@@H]2C[C@@]3(C)CCC[C@H](CC)C3=C[C@H]12. The molecule has 2 fully saturated rings. The number of allylic oxidation sites excluding steroid dienone is 1. The second-order valence-electron chi connectivity index (χ2n) is 6.38. The first kappa shape index (κ1) is 12.0. The van der Waals surface area contributed by atoms with Gasteiger partial charge in [-0.2, -0.15) is 0 Å². The Bertz CT molecular complexity index is 434. The topological polar surface area (TPSA) is 26.3 Å². The maximum Gasteiger partial charge on any atom is 0.334 e. The van der Waals surface area contributed by atoms with Gasteiger partial charge in [0.25, 0.3) is 0 Å². The molecule has 0 aromatic rings. The van der Waals surface area contributed by atoms with Gasteiger partial charge in [-0.15, -0.1) is 0 Å². The molecule has 3 aliphatic rings. The monoisotopic (exact) mass is 246 g/mol. The molecule has 2 heteroatoms. The van der Waals surface area contributed by atoms with E-state index in [0.29, 0.717) is 11.5 Å². The van der Waals surface area contributed by atoms with Gasteiger partial charge in [0.2, 0.25) is 0 Å². The highest BCUT2D eigenvalue weighted by atomic mass is 16.6. The van der Waals surface area contributed by atoms with E-state index in [-0.39, 0.29) is 23.4 Å². The van der Waals surface area contributed by atoms with E-state index in [1.54, 1.807) is 5.57 Å². The molecule has 0 radical (unpaired) electrons. The van der Waals surface area contributed by atoms with Crippen LogP contribution in [0.1, 0.15) is 46.0 Å². The van der Waals surface area contributed by atoms with Crippen molar-refractivity contribution in [2.75, 3.05) is 0 Å². The van der Waals surface area contributed by atoms with E-state index in [1.165, 1.54) is 25.7 Å². The third-order valence-corrected chi connectivity index (χ3v) is 5.25. The molecule has 0 aromatic carbocycles. The van der Waals surface area contributed by atoms with Crippen LogP contribution in [0, 0.1) is 17.3 Å². The van der Waals surface area contributed by atoms with Crippen LogP contribution in [0.4, 0.5) is 0 Å². The molecule has 0 N–H and O–H groups in total. The molecule has 3 rings (SSSR count). The minimum Gasteiger partial charge on any atom is -0.458 e.